The number of pyridine rings is 1. The summed E-state index contributed by atoms with van der Waals surface area (Å²) in [6.07, 6.45) is 3.43. The van der Waals surface area contributed by atoms with E-state index < -0.39 is 0 Å². The Balaban J connectivity index is 1.63. The van der Waals surface area contributed by atoms with Crippen molar-refractivity contribution >= 4 is 11.5 Å². The van der Waals surface area contributed by atoms with Crippen LogP contribution in [-0.2, 0) is 0 Å². The summed E-state index contributed by atoms with van der Waals surface area (Å²) < 4.78 is 7.18. The van der Waals surface area contributed by atoms with E-state index in [2.05, 4.69) is 44.4 Å². The zero-order valence-corrected chi connectivity index (χ0v) is 14.8. The van der Waals surface area contributed by atoms with Crippen molar-refractivity contribution in [3.05, 3.63) is 54.3 Å². The van der Waals surface area contributed by atoms with E-state index in [0.717, 1.165) is 17.2 Å². The third-order valence-corrected chi connectivity index (χ3v) is 4.04. The van der Waals surface area contributed by atoms with Gasteiger partial charge in [0.25, 0.3) is 0 Å². The van der Waals surface area contributed by atoms with Crippen molar-refractivity contribution in [2.45, 2.75) is 32.7 Å². The Kier molecular flexibility index (Phi) is 4.08. The fourth-order valence-electron chi connectivity index (χ4n) is 2.62. The maximum absolute atomic E-state index is 5.42. The minimum atomic E-state index is -0.199. The Morgan fingerprint density at radius 2 is 1.96 bits per heavy atom. The Labute approximate surface area is 150 Å². The number of hydrogen-bond acceptors (Lipinski definition) is 7. The van der Waals surface area contributed by atoms with Gasteiger partial charge >= 0.3 is 0 Å². The predicted molar refractivity (Wildman–Crippen MR) is 96.6 cm³/mol. The molecule has 0 aliphatic carbocycles. The van der Waals surface area contributed by atoms with Gasteiger partial charge in [0.2, 0.25) is 11.7 Å². The molecule has 1 N–H and O–H groups in total. The summed E-state index contributed by atoms with van der Waals surface area (Å²) in [6.45, 7) is 6.18. The average Bonchev–Trinajstić information content (AvgIpc) is 3.32. The third kappa shape index (κ3) is 3.01. The smallest absolute Gasteiger partial charge is 0.249 e. The van der Waals surface area contributed by atoms with Gasteiger partial charge in [-0.05, 0) is 25.0 Å². The Hall–Kier alpha value is -3.29. The van der Waals surface area contributed by atoms with E-state index in [-0.39, 0.29) is 6.04 Å². The second kappa shape index (κ2) is 6.55. The molecule has 4 aromatic heterocycles. The van der Waals surface area contributed by atoms with Crippen LogP contribution in [0.3, 0.4) is 0 Å². The number of nitrogens with one attached hydrogen (secondary N) is 1. The first-order valence-corrected chi connectivity index (χ1v) is 8.48. The van der Waals surface area contributed by atoms with Crippen LogP contribution in [0, 0.1) is 0 Å². The molecule has 0 unspecified atom stereocenters. The van der Waals surface area contributed by atoms with Gasteiger partial charge in [-0.15, -0.1) is 0 Å². The lowest BCUT2D eigenvalue weighted by Crippen LogP contribution is -2.12. The summed E-state index contributed by atoms with van der Waals surface area (Å²) in [5.74, 6) is 2.09. The van der Waals surface area contributed by atoms with Crippen LogP contribution in [0.5, 0.6) is 0 Å². The Morgan fingerprint density at radius 3 is 2.73 bits per heavy atom. The van der Waals surface area contributed by atoms with E-state index in [4.69, 9.17) is 4.52 Å². The molecule has 0 saturated carbocycles. The van der Waals surface area contributed by atoms with Gasteiger partial charge in [0.05, 0.1) is 6.20 Å². The molecular formula is C18H19N7O. The molecule has 4 aromatic rings. The van der Waals surface area contributed by atoms with E-state index in [1.807, 2.05) is 37.3 Å². The summed E-state index contributed by atoms with van der Waals surface area (Å²) in [5.41, 5.74) is 2.47. The number of hydrogen-bond donors (Lipinski definition) is 1. The zero-order valence-electron chi connectivity index (χ0n) is 14.8. The molecular weight excluding hydrogens is 330 g/mol. The van der Waals surface area contributed by atoms with E-state index in [0.29, 0.717) is 23.3 Å². The average molecular weight is 349 g/mol. The van der Waals surface area contributed by atoms with Gasteiger partial charge in [0.15, 0.2) is 5.65 Å². The van der Waals surface area contributed by atoms with Crippen molar-refractivity contribution in [3.63, 3.8) is 0 Å². The molecule has 0 fully saturated rings. The number of fused-ring (bicyclic) bond motifs is 1. The van der Waals surface area contributed by atoms with Crippen LogP contribution in [0.15, 0.2) is 47.2 Å². The first-order valence-electron chi connectivity index (χ1n) is 8.48. The molecule has 8 heteroatoms. The summed E-state index contributed by atoms with van der Waals surface area (Å²) >= 11 is 0. The maximum atomic E-state index is 5.42. The van der Waals surface area contributed by atoms with E-state index >= 15 is 0 Å². The molecule has 0 amide bonds. The molecule has 26 heavy (non-hydrogen) atoms. The van der Waals surface area contributed by atoms with Crippen LogP contribution in [0.2, 0.25) is 0 Å². The highest BCUT2D eigenvalue weighted by Gasteiger charge is 2.18. The normalized spacial score (nSPS) is 12.6. The van der Waals surface area contributed by atoms with E-state index in [1.165, 1.54) is 0 Å². The number of aromatic nitrogens is 6. The summed E-state index contributed by atoms with van der Waals surface area (Å²) in [7, 11) is 0. The summed E-state index contributed by atoms with van der Waals surface area (Å²) in [6, 6.07) is 9.26. The van der Waals surface area contributed by atoms with E-state index in [1.54, 1.807) is 16.9 Å². The van der Waals surface area contributed by atoms with Crippen LogP contribution in [0.4, 0.5) is 5.82 Å². The van der Waals surface area contributed by atoms with Crippen LogP contribution in [0.1, 0.15) is 44.3 Å². The predicted octanol–water partition coefficient (Wildman–Crippen LogP) is 3.47. The quantitative estimate of drug-likeness (QED) is 0.589. The highest BCUT2D eigenvalue weighted by molar-refractivity contribution is 5.51. The number of rotatable bonds is 5. The van der Waals surface area contributed by atoms with Crippen molar-refractivity contribution in [2.24, 2.45) is 0 Å². The van der Waals surface area contributed by atoms with Crippen molar-refractivity contribution in [3.8, 4) is 11.5 Å². The van der Waals surface area contributed by atoms with Crippen LogP contribution < -0.4 is 5.32 Å². The lowest BCUT2D eigenvalue weighted by Gasteiger charge is -2.14. The van der Waals surface area contributed by atoms with Crippen molar-refractivity contribution in [1.82, 2.24) is 29.7 Å². The second-order valence-corrected chi connectivity index (χ2v) is 6.36. The lowest BCUT2D eigenvalue weighted by atomic mass is 10.1. The van der Waals surface area contributed by atoms with Crippen LogP contribution in [0.25, 0.3) is 17.2 Å². The molecule has 4 heterocycles. The minimum Gasteiger partial charge on any atom is -0.358 e. The van der Waals surface area contributed by atoms with Gasteiger partial charge in [0, 0.05) is 24.0 Å². The Bertz CT molecular complexity index is 1020. The zero-order chi connectivity index (χ0) is 18.1. The second-order valence-electron chi connectivity index (χ2n) is 6.36. The van der Waals surface area contributed by atoms with Gasteiger partial charge in [0.1, 0.15) is 17.6 Å². The fraction of sp³-hybridized carbons (Fsp3) is 0.278. The monoisotopic (exact) mass is 349 g/mol. The number of anilines is 1. The fourth-order valence-corrected chi connectivity index (χ4v) is 2.62. The van der Waals surface area contributed by atoms with Crippen LogP contribution >= 0.6 is 0 Å². The molecule has 0 aromatic carbocycles. The van der Waals surface area contributed by atoms with Crippen LogP contribution in [-0.4, -0.2) is 29.7 Å². The topological polar surface area (TPSA) is 94.0 Å². The molecule has 0 spiro atoms. The minimum absolute atomic E-state index is 0.199. The van der Waals surface area contributed by atoms with Gasteiger partial charge in [-0.3, -0.25) is 4.98 Å². The molecule has 0 saturated heterocycles. The number of nitrogens with zero attached hydrogens (tertiary/aromatic N) is 6. The summed E-state index contributed by atoms with van der Waals surface area (Å²) in [4.78, 5) is 13.3. The molecule has 4 rings (SSSR count). The SMILES string of the molecule is CC(C)c1cc(N[C@H](C)c2nc(-c3ccccn3)no2)n2nccc2n1. The molecule has 0 aliphatic heterocycles. The van der Waals surface area contributed by atoms with Gasteiger partial charge in [-0.25, -0.2) is 4.98 Å². The first-order chi connectivity index (χ1) is 12.6. The lowest BCUT2D eigenvalue weighted by molar-refractivity contribution is 0.367. The molecule has 132 valence electrons. The van der Waals surface area contributed by atoms with E-state index in [9.17, 15) is 0 Å². The molecule has 8 nitrogen and oxygen atoms in total. The molecule has 0 radical (unpaired) electrons. The molecule has 0 aliphatic rings. The molecule has 0 bridgehead atoms. The van der Waals surface area contributed by atoms with Crippen molar-refractivity contribution < 1.29 is 4.52 Å². The Morgan fingerprint density at radius 1 is 1.08 bits per heavy atom. The van der Waals surface area contributed by atoms with Gasteiger partial charge < -0.3 is 9.84 Å². The highest BCUT2D eigenvalue weighted by Crippen LogP contribution is 2.23. The van der Waals surface area contributed by atoms with Gasteiger partial charge in [-0.1, -0.05) is 25.1 Å². The van der Waals surface area contributed by atoms with Crippen molar-refractivity contribution in [1.29, 1.82) is 0 Å². The molecule has 1 atom stereocenters. The highest BCUT2D eigenvalue weighted by atomic mass is 16.5. The standard InChI is InChI=1S/C18H19N7O/c1-11(2)14-10-16(25-15(22-14)7-9-20-25)21-12(3)18-23-17(24-26-18)13-6-4-5-8-19-13/h4-12,21H,1-3H3/t12-/m1/s1. The summed E-state index contributed by atoms with van der Waals surface area (Å²) in [5, 5.41) is 11.7. The van der Waals surface area contributed by atoms with Gasteiger partial charge in [-0.2, -0.15) is 14.6 Å². The third-order valence-electron chi connectivity index (χ3n) is 4.04. The first kappa shape index (κ1) is 16.2. The maximum Gasteiger partial charge on any atom is 0.249 e. The van der Waals surface area contributed by atoms with Crippen molar-refractivity contribution in [2.75, 3.05) is 5.32 Å². The largest absolute Gasteiger partial charge is 0.358 e.